The van der Waals surface area contributed by atoms with Gasteiger partial charge in [0.1, 0.15) is 5.72 Å². The Labute approximate surface area is 204 Å². The number of aromatic nitrogens is 3. The monoisotopic (exact) mass is 474 g/mol. The predicted molar refractivity (Wildman–Crippen MR) is 131 cm³/mol. The van der Waals surface area contributed by atoms with Crippen LogP contribution in [0.3, 0.4) is 0 Å². The first kappa shape index (κ1) is 23.4. The molecule has 1 fully saturated rings. The molecule has 1 aliphatic rings. The first-order valence-electron chi connectivity index (χ1n) is 12.2. The number of aliphatic hydroxyl groups is 2. The number of hydrogen-bond acceptors (Lipinski definition) is 8. The smallest absolute Gasteiger partial charge is 0.280 e. The van der Waals surface area contributed by atoms with E-state index in [2.05, 4.69) is 27.5 Å². The molecule has 35 heavy (non-hydrogen) atoms. The number of rotatable bonds is 8. The summed E-state index contributed by atoms with van der Waals surface area (Å²) in [6, 6.07) is 17.7. The van der Waals surface area contributed by atoms with Gasteiger partial charge in [-0.05, 0) is 44.2 Å². The fraction of sp³-hybridized carbons (Fsp3) is 0.370. The highest BCUT2D eigenvalue weighted by Crippen LogP contribution is 2.33. The van der Waals surface area contributed by atoms with Crippen molar-refractivity contribution in [2.45, 2.75) is 57.3 Å². The van der Waals surface area contributed by atoms with Crippen LogP contribution in [0, 0.1) is 0 Å². The largest absolute Gasteiger partial charge is 0.389 e. The lowest BCUT2D eigenvalue weighted by molar-refractivity contribution is -0.120. The highest BCUT2D eigenvalue weighted by Gasteiger charge is 2.37. The third kappa shape index (κ3) is 4.91. The molecule has 3 heterocycles. The van der Waals surface area contributed by atoms with Gasteiger partial charge >= 0.3 is 0 Å². The van der Waals surface area contributed by atoms with Crippen molar-refractivity contribution >= 4 is 0 Å². The number of hydrogen-bond donors (Lipinski definition) is 3. The Balaban J connectivity index is 1.32. The van der Waals surface area contributed by atoms with E-state index in [0.717, 1.165) is 47.3 Å². The molecule has 3 N–H and O–H groups in total. The van der Waals surface area contributed by atoms with E-state index < -0.39 is 11.8 Å². The van der Waals surface area contributed by atoms with Gasteiger partial charge in [0.25, 0.3) is 5.89 Å². The molecule has 1 aliphatic heterocycles. The number of nitrogens with zero attached hydrogens (tertiary/aromatic N) is 3. The topological polar surface area (TPSA) is 117 Å². The molecule has 2 unspecified atom stereocenters. The Morgan fingerprint density at radius 3 is 2.54 bits per heavy atom. The zero-order valence-electron chi connectivity index (χ0n) is 19.8. The maximum Gasteiger partial charge on any atom is 0.280 e. The van der Waals surface area contributed by atoms with Gasteiger partial charge in [0.05, 0.1) is 6.10 Å². The third-order valence-corrected chi connectivity index (χ3v) is 6.60. The lowest BCUT2D eigenvalue weighted by Crippen LogP contribution is -2.58. The SMILES string of the molecule is CCCc1c(-c2nc(-c3ccc(CCC4(O)NCCCC4O)cc3)no2)noc1-c1ccccc1. The molecule has 2 atom stereocenters. The zero-order chi connectivity index (χ0) is 24.3. The fourth-order valence-electron chi connectivity index (χ4n) is 4.58. The van der Waals surface area contributed by atoms with E-state index >= 15 is 0 Å². The maximum absolute atomic E-state index is 10.7. The lowest BCUT2D eigenvalue weighted by atomic mass is 9.91. The lowest BCUT2D eigenvalue weighted by Gasteiger charge is -2.38. The van der Waals surface area contributed by atoms with Crippen LogP contribution in [0.5, 0.6) is 0 Å². The van der Waals surface area contributed by atoms with Crippen molar-refractivity contribution in [1.82, 2.24) is 20.6 Å². The number of nitrogens with one attached hydrogen (secondary N) is 1. The van der Waals surface area contributed by atoms with Gasteiger partial charge < -0.3 is 19.3 Å². The molecular weight excluding hydrogens is 444 g/mol. The molecule has 0 saturated carbocycles. The highest BCUT2D eigenvalue weighted by atomic mass is 16.5. The summed E-state index contributed by atoms with van der Waals surface area (Å²) in [7, 11) is 0. The summed E-state index contributed by atoms with van der Waals surface area (Å²) in [6.45, 7) is 2.82. The molecule has 2 aromatic carbocycles. The van der Waals surface area contributed by atoms with Crippen LogP contribution in [-0.2, 0) is 12.8 Å². The van der Waals surface area contributed by atoms with Gasteiger partial charge in [0, 0.05) is 16.7 Å². The fourth-order valence-corrected chi connectivity index (χ4v) is 4.58. The summed E-state index contributed by atoms with van der Waals surface area (Å²) in [4.78, 5) is 4.59. The molecule has 5 rings (SSSR count). The summed E-state index contributed by atoms with van der Waals surface area (Å²) in [5, 5.41) is 32.3. The van der Waals surface area contributed by atoms with Crippen LogP contribution >= 0.6 is 0 Å². The van der Waals surface area contributed by atoms with Gasteiger partial charge in [0.2, 0.25) is 5.82 Å². The van der Waals surface area contributed by atoms with Crippen molar-refractivity contribution in [2.24, 2.45) is 0 Å². The van der Waals surface area contributed by atoms with Crippen LogP contribution in [0.15, 0.2) is 63.6 Å². The Hall–Kier alpha value is -3.33. The molecular formula is C27H30N4O4. The van der Waals surface area contributed by atoms with Gasteiger partial charge in [-0.2, -0.15) is 4.98 Å². The molecule has 0 radical (unpaired) electrons. The summed E-state index contributed by atoms with van der Waals surface area (Å²) in [6.07, 6.45) is 3.53. The van der Waals surface area contributed by atoms with Crippen molar-refractivity contribution in [1.29, 1.82) is 0 Å². The maximum atomic E-state index is 10.7. The van der Waals surface area contributed by atoms with E-state index in [1.54, 1.807) is 0 Å². The van der Waals surface area contributed by atoms with Crippen molar-refractivity contribution in [3.05, 3.63) is 65.7 Å². The second kappa shape index (κ2) is 10.1. The Kier molecular flexibility index (Phi) is 6.77. The van der Waals surface area contributed by atoms with Crippen molar-refractivity contribution in [3.8, 4) is 34.3 Å². The second-order valence-electron chi connectivity index (χ2n) is 9.08. The quantitative estimate of drug-likeness (QED) is 0.344. The second-order valence-corrected chi connectivity index (χ2v) is 9.08. The molecule has 4 aromatic rings. The van der Waals surface area contributed by atoms with Gasteiger partial charge in [-0.15, -0.1) is 0 Å². The first-order chi connectivity index (χ1) is 17.1. The summed E-state index contributed by atoms with van der Waals surface area (Å²) in [5.74, 6) is 1.53. The van der Waals surface area contributed by atoms with E-state index in [0.29, 0.717) is 43.2 Å². The van der Waals surface area contributed by atoms with E-state index in [4.69, 9.17) is 9.05 Å². The average molecular weight is 475 g/mol. The number of piperidine rings is 1. The van der Waals surface area contributed by atoms with Gasteiger partial charge in [-0.25, -0.2) is 0 Å². The number of aliphatic hydroxyl groups excluding tert-OH is 1. The molecule has 0 spiro atoms. The number of aryl methyl sites for hydroxylation is 1. The number of benzene rings is 2. The van der Waals surface area contributed by atoms with Crippen LogP contribution in [0.2, 0.25) is 0 Å². The van der Waals surface area contributed by atoms with Crippen LogP contribution in [0.4, 0.5) is 0 Å². The zero-order valence-corrected chi connectivity index (χ0v) is 19.8. The van der Waals surface area contributed by atoms with Crippen LogP contribution < -0.4 is 5.32 Å². The van der Waals surface area contributed by atoms with Crippen molar-refractivity contribution in [3.63, 3.8) is 0 Å². The molecule has 0 bridgehead atoms. The highest BCUT2D eigenvalue weighted by molar-refractivity contribution is 5.69. The Morgan fingerprint density at radius 1 is 1.00 bits per heavy atom. The molecule has 8 heteroatoms. The Morgan fingerprint density at radius 2 is 1.80 bits per heavy atom. The van der Waals surface area contributed by atoms with E-state index in [1.165, 1.54) is 0 Å². The minimum atomic E-state index is -1.23. The molecule has 1 saturated heterocycles. The van der Waals surface area contributed by atoms with Crippen LogP contribution in [0.25, 0.3) is 34.3 Å². The first-order valence-corrected chi connectivity index (χ1v) is 12.2. The van der Waals surface area contributed by atoms with Gasteiger partial charge in [-0.3, -0.25) is 5.32 Å². The molecule has 0 aliphatic carbocycles. The Bertz CT molecular complexity index is 1250. The van der Waals surface area contributed by atoms with Crippen LogP contribution in [0.1, 0.15) is 43.7 Å². The molecule has 0 amide bonds. The molecule has 182 valence electrons. The standard InChI is InChI=1S/C27H30N4O4/c1-2-7-21-23(30-34-24(21)19-8-4-3-5-9-19)26-29-25(31-35-26)20-13-11-18(12-14-20)15-16-27(33)22(32)10-6-17-28-27/h3-5,8-9,11-14,22,28,32-33H,2,6-7,10,15-17H2,1H3. The summed E-state index contributed by atoms with van der Waals surface area (Å²) in [5.41, 5.74) is 3.15. The van der Waals surface area contributed by atoms with Gasteiger partial charge in [0.15, 0.2) is 11.5 Å². The summed E-state index contributed by atoms with van der Waals surface area (Å²) >= 11 is 0. The van der Waals surface area contributed by atoms with Gasteiger partial charge in [-0.1, -0.05) is 78.3 Å². The van der Waals surface area contributed by atoms with Crippen molar-refractivity contribution in [2.75, 3.05) is 6.54 Å². The third-order valence-electron chi connectivity index (χ3n) is 6.60. The average Bonchev–Trinajstić information content (AvgIpc) is 3.53. The van der Waals surface area contributed by atoms with E-state index in [1.807, 2.05) is 54.6 Å². The predicted octanol–water partition coefficient (Wildman–Crippen LogP) is 4.38. The van der Waals surface area contributed by atoms with Crippen LogP contribution in [-0.4, -0.2) is 43.9 Å². The molecule has 2 aromatic heterocycles. The van der Waals surface area contributed by atoms with Crippen molar-refractivity contribution < 1.29 is 19.3 Å². The summed E-state index contributed by atoms with van der Waals surface area (Å²) < 4.78 is 11.3. The van der Waals surface area contributed by atoms with E-state index in [-0.39, 0.29) is 0 Å². The van der Waals surface area contributed by atoms with E-state index in [9.17, 15) is 10.2 Å². The molecule has 8 nitrogen and oxygen atoms in total. The minimum absolute atomic E-state index is 0.332. The minimum Gasteiger partial charge on any atom is -0.389 e. The normalized spacial score (nSPS) is 20.3.